The fourth-order valence-electron chi connectivity index (χ4n) is 5.08. The van der Waals surface area contributed by atoms with Gasteiger partial charge in [0.25, 0.3) is 0 Å². The van der Waals surface area contributed by atoms with Gasteiger partial charge in [0, 0.05) is 30.5 Å². The smallest absolute Gasteiger partial charge is 0.227 e. The highest BCUT2D eigenvalue weighted by molar-refractivity contribution is 5.81. The predicted molar refractivity (Wildman–Crippen MR) is 123 cm³/mol. The van der Waals surface area contributed by atoms with Gasteiger partial charge in [-0.15, -0.1) is 0 Å². The third-order valence-electron chi connectivity index (χ3n) is 6.72. The molecule has 1 amide bonds. The minimum absolute atomic E-state index is 0.0454. The number of nitrogens with one attached hydrogen (secondary N) is 1. The molecule has 164 valence electrons. The van der Waals surface area contributed by atoms with Crippen molar-refractivity contribution < 1.29 is 14.6 Å². The van der Waals surface area contributed by atoms with Gasteiger partial charge in [-0.05, 0) is 65.1 Å². The van der Waals surface area contributed by atoms with E-state index in [9.17, 15) is 9.90 Å². The molecular weight excluding hydrogens is 402 g/mol. The maximum Gasteiger partial charge on any atom is 0.227 e. The molecular formula is C26H27N3O3. The summed E-state index contributed by atoms with van der Waals surface area (Å²) in [4.78, 5) is 19.4. The number of hydrogen-bond donors (Lipinski definition) is 2. The molecule has 1 fully saturated rings. The van der Waals surface area contributed by atoms with Crippen molar-refractivity contribution in [1.29, 1.82) is 0 Å². The van der Waals surface area contributed by atoms with Gasteiger partial charge < -0.3 is 20.1 Å². The van der Waals surface area contributed by atoms with Crippen LogP contribution in [0, 0.1) is 5.92 Å². The first-order valence-electron chi connectivity index (χ1n) is 11.0. The minimum atomic E-state index is -0.0574. The highest BCUT2D eigenvalue weighted by Gasteiger charge is 2.45. The van der Waals surface area contributed by atoms with Gasteiger partial charge >= 0.3 is 0 Å². The molecule has 2 aliphatic heterocycles. The predicted octanol–water partition coefficient (Wildman–Crippen LogP) is 3.68. The second kappa shape index (κ2) is 8.63. The van der Waals surface area contributed by atoms with E-state index in [1.807, 2.05) is 41.3 Å². The van der Waals surface area contributed by atoms with Gasteiger partial charge in [0.05, 0.1) is 32.2 Å². The number of carbonyl (C=O) groups excluding carboxylic acids is 1. The number of anilines is 1. The molecule has 6 heteroatoms. The molecule has 3 heterocycles. The molecule has 1 saturated heterocycles. The highest BCUT2D eigenvalue weighted by Crippen LogP contribution is 2.47. The van der Waals surface area contributed by atoms with Crippen LogP contribution < -0.4 is 10.1 Å². The molecule has 2 N–H and O–H groups in total. The van der Waals surface area contributed by atoms with E-state index in [4.69, 9.17) is 4.74 Å². The van der Waals surface area contributed by atoms with Crippen LogP contribution in [0.2, 0.25) is 0 Å². The zero-order valence-corrected chi connectivity index (χ0v) is 18.1. The van der Waals surface area contributed by atoms with E-state index in [0.717, 1.165) is 40.1 Å². The van der Waals surface area contributed by atoms with Crippen LogP contribution in [0.4, 0.5) is 5.69 Å². The van der Waals surface area contributed by atoms with Gasteiger partial charge in [0.15, 0.2) is 0 Å². The normalized spacial score (nSPS) is 21.4. The van der Waals surface area contributed by atoms with Crippen LogP contribution in [-0.4, -0.2) is 47.2 Å². The van der Waals surface area contributed by atoms with Gasteiger partial charge in [0.1, 0.15) is 5.75 Å². The fourth-order valence-corrected chi connectivity index (χ4v) is 5.08. The lowest BCUT2D eigenvalue weighted by Gasteiger charge is -2.39. The molecule has 0 radical (unpaired) electrons. The first-order valence-corrected chi connectivity index (χ1v) is 11.0. The number of rotatable bonds is 5. The lowest BCUT2D eigenvalue weighted by molar-refractivity contribution is -0.131. The summed E-state index contributed by atoms with van der Waals surface area (Å²) in [6, 6.07) is 18.0. The lowest BCUT2D eigenvalue weighted by Crippen LogP contribution is -2.43. The number of pyridine rings is 1. The van der Waals surface area contributed by atoms with E-state index < -0.39 is 0 Å². The molecule has 5 rings (SSSR count). The van der Waals surface area contributed by atoms with Crippen LogP contribution in [-0.2, 0) is 11.2 Å². The van der Waals surface area contributed by atoms with E-state index >= 15 is 0 Å². The number of aliphatic hydroxyl groups is 1. The number of aromatic nitrogens is 1. The molecule has 0 saturated carbocycles. The van der Waals surface area contributed by atoms with Crippen molar-refractivity contribution in [3.8, 4) is 16.9 Å². The average molecular weight is 430 g/mol. The fraction of sp³-hybridized carbons (Fsp3) is 0.308. The Labute approximate surface area is 187 Å². The number of aliphatic hydroxyl groups excluding tert-OH is 1. The summed E-state index contributed by atoms with van der Waals surface area (Å²) in [7, 11) is 1.66. The number of carbonyl (C=O) groups is 1. The molecule has 0 spiro atoms. The number of likely N-dealkylation sites (tertiary alicyclic amines) is 1. The number of ether oxygens (including phenoxy) is 1. The van der Waals surface area contributed by atoms with Crippen LogP contribution in [0.5, 0.6) is 5.75 Å². The lowest BCUT2D eigenvalue weighted by atomic mass is 9.82. The van der Waals surface area contributed by atoms with E-state index in [2.05, 4.69) is 28.5 Å². The van der Waals surface area contributed by atoms with Gasteiger partial charge in [-0.3, -0.25) is 9.78 Å². The standard InChI is InChI=1S/C26H27N3O3/c1-32-20-5-2-18(3-6-20)19-4-7-23-22(15-19)26-21(24(16-30)28-23)10-13-29(26)25(31)14-17-8-11-27-12-9-17/h2-9,11-12,15,21,24,26,28,30H,10,13-14,16H2,1H3/t21-,24+,26-/m1/s1. The number of amides is 1. The van der Waals surface area contributed by atoms with Gasteiger partial charge in [-0.25, -0.2) is 0 Å². The van der Waals surface area contributed by atoms with E-state index in [-0.39, 0.29) is 30.5 Å². The molecule has 0 unspecified atom stereocenters. The molecule has 32 heavy (non-hydrogen) atoms. The summed E-state index contributed by atoms with van der Waals surface area (Å²) in [6.45, 7) is 0.747. The van der Waals surface area contributed by atoms with E-state index in [0.29, 0.717) is 13.0 Å². The van der Waals surface area contributed by atoms with Crippen LogP contribution in [0.25, 0.3) is 11.1 Å². The Morgan fingerprint density at radius 2 is 1.88 bits per heavy atom. The monoisotopic (exact) mass is 429 g/mol. The molecule has 2 aliphatic rings. The topological polar surface area (TPSA) is 74.7 Å². The van der Waals surface area contributed by atoms with Crippen molar-refractivity contribution >= 4 is 11.6 Å². The minimum Gasteiger partial charge on any atom is -0.497 e. The van der Waals surface area contributed by atoms with Crippen LogP contribution in [0.3, 0.4) is 0 Å². The Balaban J connectivity index is 1.49. The van der Waals surface area contributed by atoms with Crippen molar-refractivity contribution in [2.24, 2.45) is 5.92 Å². The Kier molecular flexibility index (Phi) is 5.53. The van der Waals surface area contributed by atoms with Gasteiger partial charge in [-0.2, -0.15) is 0 Å². The third kappa shape index (κ3) is 3.71. The number of hydrogen-bond acceptors (Lipinski definition) is 5. The van der Waals surface area contributed by atoms with E-state index in [1.54, 1.807) is 19.5 Å². The SMILES string of the molecule is COc1ccc(-c2ccc3c(c2)[C@H]2[C@H](CCN2C(=O)Cc2ccncc2)[C@H](CO)N3)cc1. The number of benzene rings is 2. The Morgan fingerprint density at radius 3 is 2.59 bits per heavy atom. The van der Waals surface area contributed by atoms with Crippen LogP contribution >= 0.6 is 0 Å². The second-order valence-electron chi connectivity index (χ2n) is 8.48. The van der Waals surface area contributed by atoms with Crippen molar-refractivity contribution in [3.63, 3.8) is 0 Å². The summed E-state index contributed by atoms with van der Waals surface area (Å²) in [5.41, 5.74) is 5.28. The zero-order chi connectivity index (χ0) is 22.1. The van der Waals surface area contributed by atoms with Crippen LogP contribution in [0.1, 0.15) is 23.6 Å². The summed E-state index contributed by atoms with van der Waals surface area (Å²) in [6.07, 6.45) is 4.67. The van der Waals surface area contributed by atoms with Gasteiger partial charge in [0.2, 0.25) is 5.91 Å². The molecule has 2 aromatic carbocycles. The zero-order valence-electron chi connectivity index (χ0n) is 18.1. The van der Waals surface area contributed by atoms with Crippen molar-refractivity contribution in [1.82, 2.24) is 9.88 Å². The molecule has 0 bridgehead atoms. The van der Waals surface area contributed by atoms with Crippen molar-refractivity contribution in [2.75, 3.05) is 25.6 Å². The quantitative estimate of drug-likeness (QED) is 0.647. The molecule has 6 nitrogen and oxygen atoms in total. The largest absolute Gasteiger partial charge is 0.497 e. The summed E-state index contributed by atoms with van der Waals surface area (Å²) in [5, 5.41) is 13.5. The Bertz CT molecular complexity index is 1100. The summed E-state index contributed by atoms with van der Waals surface area (Å²) >= 11 is 0. The van der Waals surface area contributed by atoms with Gasteiger partial charge in [-0.1, -0.05) is 18.2 Å². The maximum absolute atomic E-state index is 13.3. The molecule has 3 atom stereocenters. The average Bonchev–Trinajstić information content (AvgIpc) is 3.30. The van der Waals surface area contributed by atoms with Crippen molar-refractivity contribution in [3.05, 3.63) is 78.1 Å². The first kappa shape index (κ1) is 20.5. The van der Waals surface area contributed by atoms with Crippen LogP contribution in [0.15, 0.2) is 67.0 Å². The maximum atomic E-state index is 13.3. The Hall–Kier alpha value is -3.38. The molecule has 0 aliphatic carbocycles. The highest BCUT2D eigenvalue weighted by atomic mass is 16.5. The van der Waals surface area contributed by atoms with E-state index in [1.165, 1.54) is 0 Å². The first-order chi connectivity index (χ1) is 15.7. The Morgan fingerprint density at radius 1 is 1.12 bits per heavy atom. The summed E-state index contributed by atoms with van der Waals surface area (Å²) < 4.78 is 5.28. The third-order valence-corrected chi connectivity index (χ3v) is 6.72. The molecule has 3 aromatic rings. The summed E-state index contributed by atoms with van der Waals surface area (Å²) in [5.74, 6) is 1.12. The van der Waals surface area contributed by atoms with Crippen molar-refractivity contribution in [2.45, 2.75) is 24.9 Å². The number of methoxy groups -OCH3 is 1. The molecule has 1 aromatic heterocycles. The number of fused-ring (bicyclic) bond motifs is 3. The number of nitrogens with zero attached hydrogens (tertiary/aromatic N) is 2. The second-order valence-corrected chi connectivity index (χ2v) is 8.48.